The summed E-state index contributed by atoms with van der Waals surface area (Å²) in [7, 11) is 0. The maximum atomic E-state index is 14.2. The van der Waals surface area contributed by atoms with Gasteiger partial charge in [-0.3, -0.25) is 9.97 Å². The molecule has 2 fully saturated rings. The number of rotatable bonds is 5. The van der Waals surface area contributed by atoms with E-state index < -0.39 is 11.8 Å². The molecule has 0 bridgehead atoms. The Morgan fingerprint density at radius 3 is 2.55 bits per heavy atom. The molecule has 1 saturated carbocycles. The van der Waals surface area contributed by atoms with Crippen LogP contribution in [0, 0.1) is 6.92 Å². The third kappa shape index (κ3) is 4.65. The summed E-state index contributed by atoms with van der Waals surface area (Å²) in [5.74, 6) is 0.952. The van der Waals surface area contributed by atoms with Crippen molar-refractivity contribution in [3.8, 4) is 16.9 Å². The van der Waals surface area contributed by atoms with Crippen molar-refractivity contribution in [2.75, 3.05) is 24.5 Å². The second-order valence-corrected chi connectivity index (χ2v) is 12.3. The minimum absolute atomic E-state index is 0.0584. The smallest absolute Gasteiger partial charge is 0.407 e. The zero-order chi connectivity index (χ0) is 30.7. The number of carboxylic acid groups (broad SMARTS) is 1. The molecule has 1 unspecified atom stereocenters. The van der Waals surface area contributed by atoms with Gasteiger partial charge in [0.1, 0.15) is 5.82 Å². The Hall–Kier alpha value is -4.86. The molecular weight excluding hydrogens is 554 g/mol. The van der Waals surface area contributed by atoms with E-state index in [1.54, 1.807) is 17.0 Å². The van der Waals surface area contributed by atoms with Crippen LogP contribution in [0.5, 0.6) is 0 Å². The van der Waals surface area contributed by atoms with Crippen LogP contribution >= 0.6 is 0 Å². The predicted octanol–water partition coefficient (Wildman–Crippen LogP) is 5.89. The SMILES string of the molecule is Cc1ccnc(C(C)C)c1-n1c(=O)nc(N2CCN(C(=O)O)CC2C)c2cc(C3CC3)c(-c3cccc4cccnc34)nc21. The fraction of sp³-hybridized carbons (Fsp3) is 0.353. The second kappa shape index (κ2) is 10.7. The van der Waals surface area contributed by atoms with Gasteiger partial charge in [-0.1, -0.05) is 38.1 Å². The van der Waals surface area contributed by atoms with E-state index in [9.17, 15) is 14.7 Å². The maximum Gasteiger partial charge on any atom is 0.407 e. The van der Waals surface area contributed by atoms with Crippen molar-refractivity contribution >= 4 is 33.8 Å². The first-order valence-electron chi connectivity index (χ1n) is 15.2. The van der Waals surface area contributed by atoms with E-state index in [0.717, 1.165) is 57.2 Å². The van der Waals surface area contributed by atoms with Gasteiger partial charge in [-0.05, 0) is 67.9 Å². The van der Waals surface area contributed by atoms with Crippen molar-refractivity contribution in [3.63, 3.8) is 0 Å². The van der Waals surface area contributed by atoms with Gasteiger partial charge in [0.2, 0.25) is 0 Å². The molecule has 7 rings (SSSR count). The fourth-order valence-corrected chi connectivity index (χ4v) is 6.51. The molecule has 44 heavy (non-hydrogen) atoms. The molecule has 1 aromatic carbocycles. The van der Waals surface area contributed by atoms with Gasteiger partial charge in [0.25, 0.3) is 0 Å². The standard InChI is InChI=1S/C34H35N7O3/c1-19(2)27-30(20(3)12-14-36-27)41-32-26(31(38-33(41)42)40-16-15-39(34(43)44)18-21(40)4)17-25(22-10-11-22)29(37-32)24-9-5-7-23-8-6-13-35-28(23)24/h5-9,12-14,17,19,21-22H,10-11,15-16,18H2,1-4H3,(H,43,44). The largest absolute Gasteiger partial charge is 0.465 e. The zero-order valence-corrected chi connectivity index (χ0v) is 25.4. The summed E-state index contributed by atoms with van der Waals surface area (Å²) in [6, 6.07) is 14.0. The lowest BCUT2D eigenvalue weighted by Crippen LogP contribution is -2.54. The Balaban J connectivity index is 1.56. The minimum Gasteiger partial charge on any atom is -0.465 e. The Labute approximate surface area is 255 Å². The molecule has 1 N–H and O–H groups in total. The molecule has 1 atom stereocenters. The van der Waals surface area contributed by atoms with Gasteiger partial charge in [-0.25, -0.2) is 19.1 Å². The number of carbonyl (C=O) groups is 1. The highest BCUT2D eigenvalue weighted by molar-refractivity contribution is 5.97. The minimum atomic E-state index is -0.941. The molecule has 10 nitrogen and oxygen atoms in total. The fourth-order valence-electron chi connectivity index (χ4n) is 6.51. The maximum absolute atomic E-state index is 14.2. The van der Waals surface area contributed by atoms with E-state index in [1.165, 1.54) is 4.90 Å². The molecule has 10 heteroatoms. The third-order valence-electron chi connectivity index (χ3n) is 8.88. The first kappa shape index (κ1) is 27.9. The van der Waals surface area contributed by atoms with Gasteiger partial charge in [-0.15, -0.1) is 0 Å². The van der Waals surface area contributed by atoms with Gasteiger partial charge >= 0.3 is 11.8 Å². The van der Waals surface area contributed by atoms with Gasteiger partial charge < -0.3 is 14.9 Å². The molecule has 0 spiro atoms. The van der Waals surface area contributed by atoms with Crippen LogP contribution in [0.15, 0.2) is 59.7 Å². The van der Waals surface area contributed by atoms with Gasteiger partial charge in [-0.2, -0.15) is 4.98 Å². The summed E-state index contributed by atoms with van der Waals surface area (Å²) in [4.78, 5) is 49.0. The lowest BCUT2D eigenvalue weighted by molar-refractivity contribution is 0.136. The van der Waals surface area contributed by atoms with Crippen molar-refractivity contribution in [3.05, 3.63) is 82.2 Å². The molecule has 0 radical (unpaired) electrons. The van der Waals surface area contributed by atoms with Crippen molar-refractivity contribution < 1.29 is 9.90 Å². The number of aromatic nitrogens is 5. The number of nitrogens with zero attached hydrogens (tertiary/aromatic N) is 7. The molecule has 1 aliphatic carbocycles. The summed E-state index contributed by atoms with van der Waals surface area (Å²) in [6.45, 7) is 9.16. The highest BCUT2D eigenvalue weighted by atomic mass is 16.4. The molecule has 5 heterocycles. The molecule has 1 aliphatic heterocycles. The number of piperazine rings is 1. The zero-order valence-electron chi connectivity index (χ0n) is 25.4. The van der Waals surface area contributed by atoms with Gasteiger partial charge in [0, 0.05) is 49.0 Å². The van der Waals surface area contributed by atoms with Crippen LogP contribution in [0.1, 0.15) is 62.3 Å². The van der Waals surface area contributed by atoms with Crippen molar-refractivity contribution in [2.45, 2.75) is 58.4 Å². The van der Waals surface area contributed by atoms with Crippen LogP contribution in [-0.4, -0.2) is 66.3 Å². The number of hydrogen-bond acceptors (Lipinski definition) is 7. The van der Waals surface area contributed by atoms with Crippen LogP contribution < -0.4 is 10.6 Å². The highest BCUT2D eigenvalue weighted by Crippen LogP contribution is 2.46. The quantitative estimate of drug-likeness (QED) is 0.270. The number of pyridine rings is 3. The number of amides is 1. The molecule has 4 aromatic heterocycles. The van der Waals surface area contributed by atoms with Crippen LogP contribution in [0.2, 0.25) is 0 Å². The number of hydrogen-bond donors (Lipinski definition) is 1. The Morgan fingerprint density at radius 2 is 1.82 bits per heavy atom. The molecule has 224 valence electrons. The number of benzene rings is 1. The molecular formula is C34H35N7O3. The van der Waals surface area contributed by atoms with Crippen LogP contribution in [-0.2, 0) is 0 Å². The molecule has 2 aliphatic rings. The lowest BCUT2D eigenvalue weighted by atomic mass is 9.98. The van der Waals surface area contributed by atoms with E-state index in [2.05, 4.69) is 30.9 Å². The average Bonchev–Trinajstić information content (AvgIpc) is 3.86. The topological polar surface area (TPSA) is 117 Å². The van der Waals surface area contributed by atoms with E-state index >= 15 is 0 Å². The van der Waals surface area contributed by atoms with Crippen LogP contribution in [0.3, 0.4) is 0 Å². The third-order valence-corrected chi connectivity index (χ3v) is 8.88. The summed E-state index contributed by atoms with van der Waals surface area (Å²) in [5.41, 5.74) is 6.22. The summed E-state index contributed by atoms with van der Waals surface area (Å²) < 4.78 is 1.63. The first-order chi connectivity index (χ1) is 21.2. The highest BCUT2D eigenvalue weighted by Gasteiger charge is 2.33. The monoisotopic (exact) mass is 589 g/mol. The van der Waals surface area contributed by atoms with E-state index in [4.69, 9.17) is 19.9 Å². The van der Waals surface area contributed by atoms with E-state index in [1.807, 2.05) is 44.2 Å². The molecule has 5 aromatic rings. The first-order valence-corrected chi connectivity index (χ1v) is 15.2. The summed E-state index contributed by atoms with van der Waals surface area (Å²) in [5, 5.41) is 11.4. The normalized spacial score (nSPS) is 17.2. The Bertz CT molecular complexity index is 1990. The van der Waals surface area contributed by atoms with E-state index in [-0.39, 0.29) is 12.0 Å². The van der Waals surface area contributed by atoms with Crippen molar-refractivity contribution in [2.24, 2.45) is 0 Å². The van der Waals surface area contributed by atoms with Crippen molar-refractivity contribution in [1.29, 1.82) is 0 Å². The van der Waals surface area contributed by atoms with Gasteiger partial charge in [0.05, 0.1) is 28.0 Å². The average molecular weight is 590 g/mol. The van der Waals surface area contributed by atoms with Crippen LogP contribution in [0.4, 0.5) is 10.6 Å². The van der Waals surface area contributed by atoms with Crippen molar-refractivity contribution in [1.82, 2.24) is 29.4 Å². The summed E-state index contributed by atoms with van der Waals surface area (Å²) in [6.07, 6.45) is 4.76. The lowest BCUT2D eigenvalue weighted by Gasteiger charge is -2.39. The van der Waals surface area contributed by atoms with Crippen LogP contribution in [0.25, 0.3) is 38.9 Å². The molecule has 1 saturated heterocycles. The van der Waals surface area contributed by atoms with E-state index in [0.29, 0.717) is 42.7 Å². The second-order valence-electron chi connectivity index (χ2n) is 12.3. The number of fused-ring (bicyclic) bond motifs is 2. The Morgan fingerprint density at radius 1 is 1.02 bits per heavy atom. The number of aryl methyl sites for hydroxylation is 1. The molecule has 1 amide bonds. The number of para-hydroxylation sites is 1. The summed E-state index contributed by atoms with van der Waals surface area (Å²) >= 11 is 0. The Kier molecular flexibility index (Phi) is 6.79. The van der Waals surface area contributed by atoms with Gasteiger partial charge in [0.15, 0.2) is 5.65 Å². The number of anilines is 1. The predicted molar refractivity (Wildman–Crippen MR) is 171 cm³/mol.